The zero-order chi connectivity index (χ0) is 29.3. The molecule has 0 saturated carbocycles. The summed E-state index contributed by atoms with van der Waals surface area (Å²) in [4.78, 5) is 28.8. The monoisotopic (exact) mass is 581 g/mol. The van der Waals surface area contributed by atoms with Crippen molar-refractivity contribution in [1.29, 1.82) is 0 Å². The van der Waals surface area contributed by atoms with Crippen LogP contribution in [-0.4, -0.2) is 46.0 Å². The van der Waals surface area contributed by atoms with Crippen molar-refractivity contribution in [3.8, 4) is 5.75 Å². The molecule has 42 heavy (non-hydrogen) atoms. The lowest BCUT2D eigenvalue weighted by molar-refractivity contribution is -0.127. The highest BCUT2D eigenvalue weighted by Gasteiger charge is 2.36. The van der Waals surface area contributed by atoms with E-state index < -0.39 is 16.1 Å². The fraction of sp³-hybridized carbons (Fsp3) is 0.212. The fourth-order valence-corrected chi connectivity index (χ4v) is 6.90. The molecule has 0 spiro atoms. The number of hydrogen-bond acceptors (Lipinski definition) is 5. The molecule has 1 atom stereocenters. The van der Waals surface area contributed by atoms with E-state index in [-0.39, 0.29) is 23.3 Å². The Labute approximate surface area is 245 Å². The molecule has 1 N–H and O–H groups in total. The normalized spacial score (nSPS) is 15.9. The van der Waals surface area contributed by atoms with Gasteiger partial charge >= 0.3 is 0 Å². The molecule has 2 amide bonds. The first-order valence-electron chi connectivity index (χ1n) is 13.9. The lowest BCUT2D eigenvalue weighted by Gasteiger charge is -2.34. The predicted molar refractivity (Wildman–Crippen MR) is 162 cm³/mol. The Morgan fingerprint density at radius 3 is 2.43 bits per heavy atom. The van der Waals surface area contributed by atoms with Crippen LogP contribution in [0, 0.1) is 6.92 Å². The van der Waals surface area contributed by atoms with Gasteiger partial charge in [-0.3, -0.25) is 13.9 Å². The zero-order valence-corrected chi connectivity index (χ0v) is 24.0. The van der Waals surface area contributed by atoms with E-state index in [1.165, 1.54) is 4.31 Å². The molecule has 0 radical (unpaired) electrons. The average Bonchev–Trinajstić information content (AvgIpc) is 3.45. The third kappa shape index (κ3) is 5.35. The molecule has 6 rings (SSSR count). The highest BCUT2D eigenvalue weighted by atomic mass is 32.2. The van der Waals surface area contributed by atoms with E-state index in [1.54, 1.807) is 65.6 Å². The van der Waals surface area contributed by atoms with Crippen molar-refractivity contribution in [3.05, 3.63) is 119 Å². The van der Waals surface area contributed by atoms with Crippen LogP contribution in [0.1, 0.15) is 27.0 Å². The van der Waals surface area contributed by atoms with Crippen LogP contribution in [0.2, 0.25) is 0 Å². The lowest BCUT2D eigenvalue weighted by atomic mass is 10.1. The molecular weight excluding hydrogens is 550 g/mol. The summed E-state index contributed by atoms with van der Waals surface area (Å²) >= 11 is 0. The summed E-state index contributed by atoms with van der Waals surface area (Å²) in [5, 5.41) is 2.94. The van der Waals surface area contributed by atoms with Gasteiger partial charge in [0, 0.05) is 18.7 Å². The van der Waals surface area contributed by atoms with Gasteiger partial charge in [0.15, 0.2) is 6.10 Å². The molecule has 0 aliphatic carbocycles. The number of benzene rings is 4. The molecule has 9 heteroatoms. The fourth-order valence-electron chi connectivity index (χ4n) is 5.40. The second-order valence-electron chi connectivity index (χ2n) is 10.5. The quantitative estimate of drug-likeness (QED) is 0.347. The zero-order valence-electron chi connectivity index (χ0n) is 23.2. The first-order chi connectivity index (χ1) is 20.3. The third-order valence-electron chi connectivity index (χ3n) is 7.66. The number of para-hydroxylation sites is 2. The highest BCUT2D eigenvalue weighted by molar-refractivity contribution is 7.92. The molecule has 0 unspecified atom stereocenters. The number of aryl methyl sites for hydroxylation is 1. The number of fused-ring (bicyclic) bond motifs is 2. The van der Waals surface area contributed by atoms with Crippen molar-refractivity contribution in [2.75, 3.05) is 28.8 Å². The molecule has 2 aliphatic rings. The molecule has 4 aromatic rings. The molecule has 8 nitrogen and oxygen atoms in total. The maximum atomic E-state index is 13.9. The number of sulfonamides is 1. The van der Waals surface area contributed by atoms with Gasteiger partial charge in [0.25, 0.3) is 21.8 Å². The van der Waals surface area contributed by atoms with Crippen molar-refractivity contribution >= 4 is 33.2 Å². The van der Waals surface area contributed by atoms with Gasteiger partial charge in [-0.05, 0) is 73.4 Å². The van der Waals surface area contributed by atoms with Crippen LogP contribution in [0.3, 0.4) is 0 Å². The van der Waals surface area contributed by atoms with E-state index in [0.29, 0.717) is 48.6 Å². The number of amides is 2. The minimum absolute atomic E-state index is 0.0536. The van der Waals surface area contributed by atoms with Gasteiger partial charge in [-0.15, -0.1) is 0 Å². The molecule has 0 saturated heterocycles. The topological polar surface area (TPSA) is 96.0 Å². The van der Waals surface area contributed by atoms with Gasteiger partial charge in [0.1, 0.15) is 5.75 Å². The summed E-state index contributed by atoms with van der Waals surface area (Å²) in [7, 11) is -3.73. The maximum absolute atomic E-state index is 13.9. The van der Waals surface area contributed by atoms with E-state index in [2.05, 4.69) is 5.32 Å². The van der Waals surface area contributed by atoms with E-state index in [9.17, 15) is 18.0 Å². The number of nitrogens with one attached hydrogen (secondary N) is 1. The Kier molecular flexibility index (Phi) is 7.43. The summed E-state index contributed by atoms with van der Waals surface area (Å²) in [6, 6.07) is 28.9. The van der Waals surface area contributed by atoms with Crippen LogP contribution in [0.4, 0.5) is 11.4 Å². The summed E-state index contributed by atoms with van der Waals surface area (Å²) in [6.07, 6.45) is 0.307. The summed E-state index contributed by atoms with van der Waals surface area (Å²) in [5.41, 5.74) is 4.46. The van der Waals surface area contributed by atoms with Crippen molar-refractivity contribution in [2.24, 2.45) is 0 Å². The van der Waals surface area contributed by atoms with E-state index in [1.807, 2.05) is 43.3 Å². The Hall–Kier alpha value is -4.63. The Bertz CT molecular complexity index is 1740. The van der Waals surface area contributed by atoms with Gasteiger partial charge in [0.2, 0.25) is 0 Å². The van der Waals surface area contributed by atoms with Crippen LogP contribution in [0.5, 0.6) is 5.75 Å². The van der Waals surface area contributed by atoms with E-state index in [0.717, 1.165) is 16.7 Å². The summed E-state index contributed by atoms with van der Waals surface area (Å²) < 4.78 is 34.1. The number of rotatable bonds is 7. The van der Waals surface area contributed by atoms with Gasteiger partial charge in [-0.2, -0.15) is 0 Å². The minimum Gasteiger partial charge on any atom is -0.477 e. The molecule has 2 aliphatic heterocycles. The molecular formula is C33H31N3O5S. The van der Waals surface area contributed by atoms with E-state index in [4.69, 9.17) is 4.74 Å². The number of carbonyl (C=O) groups excluding carboxylic acids is 2. The van der Waals surface area contributed by atoms with Crippen molar-refractivity contribution < 1.29 is 22.7 Å². The van der Waals surface area contributed by atoms with Crippen LogP contribution >= 0.6 is 0 Å². The van der Waals surface area contributed by atoms with E-state index >= 15 is 0 Å². The second-order valence-corrected chi connectivity index (χ2v) is 12.4. The van der Waals surface area contributed by atoms with Gasteiger partial charge in [-0.1, -0.05) is 60.2 Å². The molecule has 0 bridgehead atoms. The third-order valence-corrected chi connectivity index (χ3v) is 9.48. The standard InChI is InChI=1S/C33H31N3O5S/c1-23-11-14-27(15-12-23)42(39,40)36-20-18-25-21-26(13-16-28(25)36)33(38)35-22-31(41-30-10-6-5-9-29(30)35)32(37)34-19-17-24-7-3-2-4-8-24/h2-16,21,31H,17-20,22H2,1H3,(H,34,37)/t31-/m1/s1. The number of anilines is 2. The van der Waals surface area contributed by atoms with Gasteiger partial charge in [0.05, 0.1) is 22.8 Å². The Morgan fingerprint density at radius 1 is 0.905 bits per heavy atom. The molecule has 2 heterocycles. The first kappa shape index (κ1) is 27.5. The van der Waals surface area contributed by atoms with Crippen LogP contribution in [-0.2, 0) is 27.7 Å². The lowest BCUT2D eigenvalue weighted by Crippen LogP contribution is -2.51. The highest BCUT2D eigenvalue weighted by Crippen LogP contribution is 2.37. The van der Waals surface area contributed by atoms with Crippen molar-refractivity contribution in [1.82, 2.24) is 5.32 Å². The first-order valence-corrected chi connectivity index (χ1v) is 15.4. The van der Waals surface area contributed by atoms with Crippen LogP contribution in [0.15, 0.2) is 102 Å². The SMILES string of the molecule is Cc1ccc(S(=O)(=O)N2CCc3cc(C(=O)N4C[C@H](C(=O)NCCc5ccccc5)Oc5ccccc54)ccc32)cc1. The van der Waals surface area contributed by atoms with Gasteiger partial charge in [-0.25, -0.2) is 8.42 Å². The van der Waals surface area contributed by atoms with Crippen LogP contribution < -0.4 is 19.3 Å². The molecule has 4 aromatic carbocycles. The van der Waals surface area contributed by atoms with Crippen LogP contribution in [0.25, 0.3) is 0 Å². The average molecular weight is 582 g/mol. The smallest absolute Gasteiger partial charge is 0.264 e. The maximum Gasteiger partial charge on any atom is 0.264 e. The number of hydrogen-bond donors (Lipinski definition) is 1. The largest absolute Gasteiger partial charge is 0.477 e. The predicted octanol–water partition coefficient (Wildman–Crippen LogP) is 4.51. The Balaban J connectivity index is 1.20. The van der Waals surface area contributed by atoms with Crippen molar-refractivity contribution in [3.63, 3.8) is 0 Å². The van der Waals surface area contributed by atoms with Gasteiger partial charge < -0.3 is 15.0 Å². The minimum atomic E-state index is -3.73. The Morgan fingerprint density at radius 2 is 1.64 bits per heavy atom. The summed E-state index contributed by atoms with van der Waals surface area (Å²) in [5.74, 6) is -0.114. The number of ether oxygens (including phenoxy) is 1. The number of nitrogens with zero attached hydrogens (tertiary/aromatic N) is 2. The number of carbonyl (C=O) groups is 2. The summed E-state index contributed by atoms with van der Waals surface area (Å²) in [6.45, 7) is 2.71. The van der Waals surface area contributed by atoms with Crippen molar-refractivity contribution in [2.45, 2.75) is 30.8 Å². The molecule has 214 valence electrons. The second kappa shape index (κ2) is 11.3. The molecule has 0 fully saturated rings. The molecule has 0 aromatic heterocycles.